The Balaban J connectivity index is 2.38. The molecule has 1 aromatic rings. The molecule has 0 spiro atoms. The van der Waals surface area contributed by atoms with E-state index in [2.05, 4.69) is 0 Å². The van der Waals surface area contributed by atoms with Gasteiger partial charge in [0, 0.05) is 6.42 Å². The van der Waals surface area contributed by atoms with Gasteiger partial charge in [0.2, 0.25) is 0 Å². The highest BCUT2D eigenvalue weighted by Crippen LogP contribution is 2.33. The fraction of sp³-hybridized carbons (Fsp3) is 0.500. The summed E-state index contributed by atoms with van der Waals surface area (Å²) in [5, 5.41) is 18.9. The first-order valence-corrected chi connectivity index (χ1v) is 6.32. The number of nitrogens with two attached hydrogens (primary N) is 1. The summed E-state index contributed by atoms with van der Waals surface area (Å²) in [6, 6.07) is 0.821. The number of hydrogen-bond donors (Lipinski definition) is 3. The highest BCUT2D eigenvalue weighted by atomic mass is 16.4. The van der Waals surface area contributed by atoms with Gasteiger partial charge < -0.3 is 15.9 Å². The number of carbonyl (C=O) groups is 1. The second-order valence-electron chi connectivity index (χ2n) is 4.99. The average molecular weight is 249 g/mol. The lowest BCUT2D eigenvalue weighted by atomic mass is 9.84. The Morgan fingerprint density at radius 1 is 1.44 bits per heavy atom. The summed E-state index contributed by atoms with van der Waals surface area (Å²) < 4.78 is 0. The zero-order valence-electron chi connectivity index (χ0n) is 10.6. The topological polar surface area (TPSA) is 83.6 Å². The van der Waals surface area contributed by atoms with Gasteiger partial charge >= 0.3 is 5.97 Å². The Labute approximate surface area is 106 Å². The van der Waals surface area contributed by atoms with Crippen LogP contribution in [0.3, 0.4) is 0 Å². The first-order chi connectivity index (χ1) is 8.50. The van der Waals surface area contributed by atoms with Crippen LogP contribution in [0.15, 0.2) is 6.07 Å². The normalized spacial score (nSPS) is 16.1. The van der Waals surface area contributed by atoms with Crippen LogP contribution in [0, 0.1) is 6.92 Å². The number of aromatic hydroxyl groups is 1. The molecule has 0 saturated carbocycles. The number of rotatable bonds is 3. The molecule has 4 N–H and O–H groups in total. The van der Waals surface area contributed by atoms with Gasteiger partial charge in [-0.3, -0.25) is 4.79 Å². The summed E-state index contributed by atoms with van der Waals surface area (Å²) in [6.45, 7) is 1.95. The van der Waals surface area contributed by atoms with Gasteiger partial charge in [-0.05, 0) is 60.9 Å². The number of carboxylic acids is 1. The van der Waals surface area contributed by atoms with Crippen LogP contribution in [0.5, 0.6) is 5.75 Å². The fourth-order valence-electron chi connectivity index (χ4n) is 2.71. The van der Waals surface area contributed by atoms with Crippen molar-refractivity contribution in [1.29, 1.82) is 0 Å². The summed E-state index contributed by atoms with van der Waals surface area (Å²) in [4.78, 5) is 10.8. The Morgan fingerprint density at radius 3 is 2.78 bits per heavy atom. The Kier molecular flexibility index (Phi) is 3.57. The van der Waals surface area contributed by atoms with E-state index in [0.717, 1.165) is 31.2 Å². The molecule has 98 valence electrons. The van der Waals surface area contributed by atoms with E-state index in [9.17, 15) is 9.90 Å². The van der Waals surface area contributed by atoms with Crippen molar-refractivity contribution in [2.75, 3.05) is 0 Å². The minimum absolute atomic E-state index is 0.181. The lowest BCUT2D eigenvalue weighted by Crippen LogP contribution is -2.32. The third kappa shape index (κ3) is 2.34. The van der Waals surface area contributed by atoms with E-state index in [4.69, 9.17) is 10.8 Å². The number of carboxylic acid groups (broad SMARTS) is 1. The van der Waals surface area contributed by atoms with E-state index < -0.39 is 12.0 Å². The molecule has 1 atom stereocenters. The predicted molar refractivity (Wildman–Crippen MR) is 68.8 cm³/mol. The minimum Gasteiger partial charge on any atom is -0.508 e. The van der Waals surface area contributed by atoms with Gasteiger partial charge in [0.15, 0.2) is 0 Å². The summed E-state index contributed by atoms with van der Waals surface area (Å²) in [5.74, 6) is -0.851. The van der Waals surface area contributed by atoms with Gasteiger partial charge in [-0.2, -0.15) is 0 Å². The zero-order chi connectivity index (χ0) is 13.3. The van der Waals surface area contributed by atoms with Crippen molar-refractivity contribution in [3.8, 4) is 5.75 Å². The first kappa shape index (κ1) is 12.9. The van der Waals surface area contributed by atoms with Crippen LogP contribution >= 0.6 is 0 Å². The molecule has 18 heavy (non-hydrogen) atoms. The summed E-state index contributed by atoms with van der Waals surface area (Å²) in [6.07, 6.45) is 4.49. The molecule has 0 heterocycles. The standard InChI is InChI=1S/C14H19NO3/c1-8-10-5-3-2-4-9(10)6-13(16)11(8)7-12(15)14(17)18/h6,12,16H,2-5,7,15H2,1H3,(H,17,18). The number of aryl methyl sites for hydroxylation is 1. The van der Waals surface area contributed by atoms with Crippen molar-refractivity contribution >= 4 is 5.97 Å². The Bertz CT molecular complexity index is 482. The lowest BCUT2D eigenvalue weighted by Gasteiger charge is -2.22. The van der Waals surface area contributed by atoms with E-state index in [-0.39, 0.29) is 12.2 Å². The SMILES string of the molecule is Cc1c(CC(N)C(=O)O)c(O)cc2c1CCCC2. The van der Waals surface area contributed by atoms with Gasteiger partial charge in [0.05, 0.1) is 0 Å². The second kappa shape index (κ2) is 4.98. The van der Waals surface area contributed by atoms with Crippen LogP contribution in [0.25, 0.3) is 0 Å². The number of hydrogen-bond acceptors (Lipinski definition) is 3. The van der Waals surface area contributed by atoms with Crippen LogP contribution < -0.4 is 5.73 Å². The lowest BCUT2D eigenvalue weighted by molar-refractivity contribution is -0.138. The second-order valence-corrected chi connectivity index (χ2v) is 4.99. The first-order valence-electron chi connectivity index (χ1n) is 6.32. The molecule has 0 bridgehead atoms. The summed E-state index contributed by atoms with van der Waals surface area (Å²) >= 11 is 0. The number of aliphatic carboxylic acids is 1. The summed E-state index contributed by atoms with van der Waals surface area (Å²) in [5.41, 5.74) is 9.72. The number of phenols is 1. The molecule has 1 aromatic carbocycles. The van der Waals surface area contributed by atoms with Crippen molar-refractivity contribution in [3.05, 3.63) is 28.3 Å². The Hall–Kier alpha value is -1.55. The third-order valence-electron chi connectivity index (χ3n) is 3.78. The maximum Gasteiger partial charge on any atom is 0.320 e. The molecule has 2 rings (SSSR count). The van der Waals surface area contributed by atoms with Crippen LogP contribution in [0.2, 0.25) is 0 Å². The fourth-order valence-corrected chi connectivity index (χ4v) is 2.71. The molecule has 1 unspecified atom stereocenters. The van der Waals surface area contributed by atoms with Crippen LogP contribution in [0.4, 0.5) is 0 Å². The monoisotopic (exact) mass is 249 g/mol. The predicted octanol–water partition coefficient (Wildman–Crippen LogP) is 1.53. The highest BCUT2D eigenvalue weighted by Gasteiger charge is 2.21. The number of benzene rings is 1. The van der Waals surface area contributed by atoms with Crippen LogP contribution in [-0.2, 0) is 24.1 Å². The molecule has 0 saturated heterocycles. The molecular formula is C14H19NO3. The van der Waals surface area contributed by atoms with Gasteiger partial charge in [0.25, 0.3) is 0 Å². The molecule has 0 amide bonds. The van der Waals surface area contributed by atoms with Crippen molar-refractivity contribution in [2.45, 2.75) is 45.1 Å². The van der Waals surface area contributed by atoms with Crippen LogP contribution in [0.1, 0.15) is 35.1 Å². The van der Waals surface area contributed by atoms with E-state index in [1.54, 1.807) is 6.07 Å². The van der Waals surface area contributed by atoms with Gasteiger partial charge in [-0.25, -0.2) is 0 Å². The van der Waals surface area contributed by atoms with E-state index in [0.29, 0.717) is 5.56 Å². The number of phenolic OH excluding ortho intramolecular Hbond substituents is 1. The molecule has 0 radical (unpaired) electrons. The van der Waals surface area contributed by atoms with E-state index in [1.165, 1.54) is 11.1 Å². The molecule has 1 aliphatic carbocycles. The van der Waals surface area contributed by atoms with Gasteiger partial charge in [-0.15, -0.1) is 0 Å². The van der Waals surface area contributed by atoms with Crippen molar-refractivity contribution in [3.63, 3.8) is 0 Å². The molecular weight excluding hydrogens is 230 g/mol. The zero-order valence-corrected chi connectivity index (χ0v) is 10.6. The molecule has 0 aliphatic heterocycles. The average Bonchev–Trinajstić information content (AvgIpc) is 2.34. The highest BCUT2D eigenvalue weighted by molar-refractivity contribution is 5.74. The van der Waals surface area contributed by atoms with Crippen molar-refractivity contribution in [2.24, 2.45) is 5.73 Å². The van der Waals surface area contributed by atoms with Crippen molar-refractivity contribution in [1.82, 2.24) is 0 Å². The molecule has 1 aliphatic rings. The van der Waals surface area contributed by atoms with Gasteiger partial charge in [-0.1, -0.05) is 0 Å². The Morgan fingerprint density at radius 2 is 2.11 bits per heavy atom. The largest absolute Gasteiger partial charge is 0.508 e. The summed E-state index contributed by atoms with van der Waals surface area (Å²) in [7, 11) is 0. The van der Waals surface area contributed by atoms with Gasteiger partial charge in [0.1, 0.15) is 11.8 Å². The van der Waals surface area contributed by atoms with Crippen LogP contribution in [-0.4, -0.2) is 22.2 Å². The van der Waals surface area contributed by atoms with E-state index in [1.807, 2.05) is 6.92 Å². The third-order valence-corrected chi connectivity index (χ3v) is 3.78. The van der Waals surface area contributed by atoms with E-state index >= 15 is 0 Å². The number of fused-ring (bicyclic) bond motifs is 1. The smallest absolute Gasteiger partial charge is 0.320 e. The maximum atomic E-state index is 10.8. The maximum absolute atomic E-state index is 10.8. The molecule has 4 heteroatoms. The molecule has 0 fully saturated rings. The minimum atomic E-state index is -1.04. The quantitative estimate of drug-likeness (QED) is 0.758. The van der Waals surface area contributed by atoms with Crippen molar-refractivity contribution < 1.29 is 15.0 Å². The molecule has 0 aromatic heterocycles. The molecule has 4 nitrogen and oxygen atoms in total.